The lowest BCUT2D eigenvalue weighted by Gasteiger charge is -2.34. The first kappa shape index (κ1) is 29.9. The average molecular weight is 572 g/mol. The Hall–Kier alpha value is -3.65. The zero-order valence-electron chi connectivity index (χ0n) is 21.1. The molecule has 1 aliphatic heterocycles. The molecule has 1 heterocycles. The van der Waals surface area contributed by atoms with Gasteiger partial charge in [0.05, 0.1) is 17.1 Å². The van der Waals surface area contributed by atoms with E-state index in [9.17, 15) is 41.1 Å². The summed E-state index contributed by atoms with van der Waals surface area (Å²) in [6.45, 7) is 3.01. The Morgan fingerprint density at radius 2 is 1.82 bits per heavy atom. The summed E-state index contributed by atoms with van der Waals surface area (Å²) in [5.74, 6) is -2.26. The van der Waals surface area contributed by atoms with Gasteiger partial charge in [0.2, 0.25) is 15.9 Å². The number of sulfonamides is 1. The maximum Gasteiger partial charge on any atom is 0.416 e. The Labute approximate surface area is 223 Å². The number of carboxylic acid groups (broad SMARTS) is 1. The molecule has 2 aromatic rings. The zero-order chi connectivity index (χ0) is 29.0. The van der Waals surface area contributed by atoms with Crippen molar-refractivity contribution in [1.82, 2.24) is 9.62 Å². The Balaban J connectivity index is 1.78. The molecule has 2 aromatic carbocycles. The molecule has 1 saturated heterocycles. The van der Waals surface area contributed by atoms with Crippen LogP contribution >= 0.6 is 0 Å². The molecule has 1 aliphatic rings. The molecule has 3 rings (SSSR count). The van der Waals surface area contributed by atoms with Crippen LogP contribution in [0.5, 0.6) is 0 Å². The molecule has 39 heavy (non-hydrogen) atoms. The number of hydrogen-bond donors (Lipinski definition) is 3. The number of benzene rings is 2. The number of carbonyl (C=O) groups excluding carboxylic acids is 2. The number of ether oxygens (including phenoxy) is 1. The average Bonchev–Trinajstić information content (AvgIpc) is 3.28. The third-order valence-corrected chi connectivity index (χ3v) is 8.35. The SMILES string of the molecule is CCOC(=O)Nc1ccc(CC(NC(=O)[C@]2(C)CCCN2S(=O)(=O)c2cccc(C(F)(F)F)c2)C(=O)O)cc1. The van der Waals surface area contributed by atoms with Gasteiger partial charge in [-0.1, -0.05) is 18.2 Å². The standard InChI is InChI=1S/C25H28F3N3O7S/c1-3-38-23(35)29-18-10-8-16(9-11-18)14-20(21(32)33)30-22(34)24(2)12-5-13-31(24)39(36,37)19-7-4-6-17(15-19)25(26,27)28/h4,6-11,15,20H,3,5,12-14H2,1-2H3,(H,29,35)(H,30,34)(H,32,33)/t20?,24-/m0/s1. The fraction of sp³-hybridized carbons (Fsp3) is 0.400. The van der Waals surface area contributed by atoms with Gasteiger partial charge in [-0.25, -0.2) is 18.0 Å². The largest absolute Gasteiger partial charge is 0.480 e. The van der Waals surface area contributed by atoms with Crippen LogP contribution in [-0.2, 0) is 36.9 Å². The smallest absolute Gasteiger partial charge is 0.416 e. The van der Waals surface area contributed by atoms with Gasteiger partial charge in [-0.15, -0.1) is 0 Å². The molecular formula is C25H28F3N3O7S. The number of anilines is 1. The summed E-state index contributed by atoms with van der Waals surface area (Å²) in [7, 11) is -4.53. The van der Waals surface area contributed by atoms with Gasteiger partial charge in [0.1, 0.15) is 11.6 Å². The highest BCUT2D eigenvalue weighted by Gasteiger charge is 2.50. The minimum atomic E-state index is -4.76. The van der Waals surface area contributed by atoms with Gasteiger partial charge in [-0.3, -0.25) is 10.1 Å². The highest BCUT2D eigenvalue weighted by molar-refractivity contribution is 7.89. The van der Waals surface area contributed by atoms with E-state index >= 15 is 0 Å². The number of hydrogen-bond acceptors (Lipinski definition) is 6. The molecule has 0 aliphatic carbocycles. The molecule has 14 heteroatoms. The van der Waals surface area contributed by atoms with Crippen LogP contribution in [0.1, 0.15) is 37.8 Å². The zero-order valence-corrected chi connectivity index (χ0v) is 21.9. The summed E-state index contributed by atoms with van der Waals surface area (Å²) in [5.41, 5.74) is -1.97. The van der Waals surface area contributed by atoms with Crippen molar-refractivity contribution in [2.75, 3.05) is 18.5 Å². The number of halogens is 3. The molecule has 0 aromatic heterocycles. The van der Waals surface area contributed by atoms with Gasteiger partial charge < -0.3 is 15.2 Å². The first-order chi connectivity index (χ1) is 18.2. The van der Waals surface area contributed by atoms with E-state index in [0.717, 1.165) is 22.5 Å². The van der Waals surface area contributed by atoms with Gasteiger partial charge in [0.15, 0.2) is 0 Å². The normalized spacial score (nSPS) is 18.8. The number of carbonyl (C=O) groups is 3. The number of amides is 2. The van der Waals surface area contributed by atoms with Crippen molar-refractivity contribution >= 4 is 33.7 Å². The monoisotopic (exact) mass is 571 g/mol. The second-order valence-corrected chi connectivity index (χ2v) is 11.0. The fourth-order valence-corrected chi connectivity index (χ4v) is 6.12. The Morgan fingerprint density at radius 3 is 2.41 bits per heavy atom. The number of aliphatic carboxylic acids is 1. The van der Waals surface area contributed by atoms with Crippen LogP contribution in [0.15, 0.2) is 53.4 Å². The summed E-state index contributed by atoms with van der Waals surface area (Å²) in [6.07, 6.45) is -5.29. The summed E-state index contributed by atoms with van der Waals surface area (Å²) in [4.78, 5) is 36.2. The molecule has 0 bridgehead atoms. The Morgan fingerprint density at radius 1 is 1.15 bits per heavy atom. The van der Waals surface area contributed by atoms with Gasteiger partial charge in [-0.2, -0.15) is 17.5 Å². The van der Waals surface area contributed by atoms with Crippen molar-refractivity contribution in [2.24, 2.45) is 0 Å². The van der Waals surface area contributed by atoms with Crippen molar-refractivity contribution < 1.29 is 45.8 Å². The van der Waals surface area contributed by atoms with E-state index in [0.29, 0.717) is 17.3 Å². The number of carboxylic acids is 1. The highest BCUT2D eigenvalue weighted by atomic mass is 32.2. The lowest BCUT2D eigenvalue weighted by molar-refractivity contribution is -0.143. The third kappa shape index (κ3) is 6.87. The predicted molar refractivity (Wildman–Crippen MR) is 133 cm³/mol. The minimum Gasteiger partial charge on any atom is -0.480 e. The van der Waals surface area contributed by atoms with Gasteiger partial charge in [0.25, 0.3) is 0 Å². The molecule has 0 spiro atoms. The predicted octanol–water partition coefficient (Wildman–Crippen LogP) is 3.63. The maximum atomic E-state index is 13.3. The maximum absolute atomic E-state index is 13.3. The summed E-state index contributed by atoms with van der Waals surface area (Å²) >= 11 is 0. The van der Waals surface area contributed by atoms with Gasteiger partial charge in [0, 0.05) is 18.7 Å². The van der Waals surface area contributed by atoms with Gasteiger partial charge in [-0.05, 0) is 62.6 Å². The van der Waals surface area contributed by atoms with Crippen LogP contribution < -0.4 is 10.6 Å². The van der Waals surface area contributed by atoms with Crippen LogP contribution in [0.2, 0.25) is 0 Å². The second kappa shape index (κ2) is 11.6. The molecule has 1 fully saturated rings. The van der Waals surface area contributed by atoms with E-state index in [-0.39, 0.29) is 32.4 Å². The van der Waals surface area contributed by atoms with Crippen molar-refractivity contribution in [1.29, 1.82) is 0 Å². The first-order valence-electron chi connectivity index (χ1n) is 11.9. The van der Waals surface area contributed by atoms with Crippen LogP contribution in [0, 0.1) is 0 Å². The number of rotatable bonds is 9. The van der Waals surface area contributed by atoms with E-state index < -0.39 is 56.2 Å². The number of nitrogens with zero attached hydrogens (tertiary/aromatic N) is 1. The highest BCUT2D eigenvalue weighted by Crippen LogP contribution is 2.37. The Bertz CT molecular complexity index is 1330. The molecule has 2 amide bonds. The van der Waals surface area contributed by atoms with Crippen LogP contribution in [0.25, 0.3) is 0 Å². The van der Waals surface area contributed by atoms with E-state index in [1.165, 1.54) is 19.1 Å². The second-order valence-electron chi connectivity index (χ2n) is 9.09. The molecule has 1 unspecified atom stereocenters. The first-order valence-corrected chi connectivity index (χ1v) is 13.4. The van der Waals surface area contributed by atoms with Crippen molar-refractivity contribution in [2.45, 2.75) is 55.8 Å². The molecular weight excluding hydrogens is 543 g/mol. The molecule has 0 radical (unpaired) electrons. The van der Waals surface area contributed by atoms with Crippen LogP contribution in [-0.4, -0.2) is 60.5 Å². The van der Waals surface area contributed by atoms with Gasteiger partial charge >= 0.3 is 18.2 Å². The molecule has 2 atom stereocenters. The van der Waals surface area contributed by atoms with Crippen molar-refractivity contribution in [3.63, 3.8) is 0 Å². The van der Waals surface area contributed by atoms with Crippen molar-refractivity contribution in [3.8, 4) is 0 Å². The fourth-order valence-electron chi connectivity index (χ4n) is 4.27. The van der Waals surface area contributed by atoms with Crippen molar-refractivity contribution in [3.05, 3.63) is 59.7 Å². The molecule has 212 valence electrons. The van der Waals surface area contributed by atoms with E-state index in [1.807, 2.05) is 0 Å². The van der Waals surface area contributed by atoms with E-state index in [1.54, 1.807) is 19.1 Å². The summed E-state index contributed by atoms with van der Waals surface area (Å²) in [6, 6.07) is 7.94. The lowest BCUT2D eigenvalue weighted by atomic mass is 9.97. The minimum absolute atomic E-state index is 0.0393. The summed E-state index contributed by atoms with van der Waals surface area (Å²) < 4.78 is 71.7. The van der Waals surface area contributed by atoms with E-state index in [4.69, 9.17) is 4.74 Å². The lowest BCUT2D eigenvalue weighted by Crippen LogP contribution is -2.58. The molecule has 10 nitrogen and oxygen atoms in total. The topological polar surface area (TPSA) is 142 Å². The third-order valence-electron chi connectivity index (χ3n) is 6.33. The summed E-state index contributed by atoms with van der Waals surface area (Å²) in [5, 5.41) is 14.6. The molecule has 3 N–H and O–H groups in total. The number of alkyl halides is 3. The number of nitrogens with one attached hydrogen (secondary N) is 2. The quantitative estimate of drug-likeness (QED) is 0.417. The molecule has 0 saturated carbocycles. The van der Waals surface area contributed by atoms with E-state index in [2.05, 4.69) is 10.6 Å². The Kier molecular flexibility index (Phi) is 8.91. The van der Waals surface area contributed by atoms with Crippen LogP contribution in [0.4, 0.5) is 23.7 Å². The van der Waals surface area contributed by atoms with Crippen LogP contribution in [0.3, 0.4) is 0 Å².